The van der Waals surface area contributed by atoms with Crippen LogP contribution in [0.1, 0.15) is 54.4 Å². The highest BCUT2D eigenvalue weighted by molar-refractivity contribution is 7.17. The van der Waals surface area contributed by atoms with E-state index in [0.29, 0.717) is 23.1 Å². The topological polar surface area (TPSA) is 79.9 Å². The summed E-state index contributed by atoms with van der Waals surface area (Å²) in [5.41, 5.74) is 1.63. The summed E-state index contributed by atoms with van der Waals surface area (Å²) in [5.74, 6) is 0.159. The molecule has 7 nitrogen and oxygen atoms in total. The number of anilines is 1. The quantitative estimate of drug-likeness (QED) is 0.457. The van der Waals surface area contributed by atoms with Crippen LogP contribution in [0.3, 0.4) is 0 Å². The lowest BCUT2D eigenvalue weighted by molar-refractivity contribution is -0.117. The third-order valence-electron chi connectivity index (χ3n) is 5.83. The molecule has 1 amide bonds. The van der Waals surface area contributed by atoms with E-state index in [2.05, 4.69) is 22.5 Å². The number of fused-ring (bicyclic) bond motifs is 1. The Labute approximate surface area is 183 Å². The fourth-order valence-electron chi connectivity index (χ4n) is 4.02. The highest BCUT2D eigenvalue weighted by Gasteiger charge is 2.29. The molecule has 2 heterocycles. The lowest BCUT2D eigenvalue weighted by Crippen LogP contribution is -2.41. The summed E-state index contributed by atoms with van der Waals surface area (Å²) in [4.78, 5) is 29.0. The van der Waals surface area contributed by atoms with Gasteiger partial charge in [-0.2, -0.15) is 0 Å². The van der Waals surface area contributed by atoms with E-state index in [1.807, 2.05) is 6.92 Å². The Balaban J connectivity index is 1.56. The Morgan fingerprint density at radius 3 is 2.83 bits per heavy atom. The number of amides is 1. The minimum atomic E-state index is -0.331. The van der Waals surface area contributed by atoms with Crippen molar-refractivity contribution in [3.63, 3.8) is 0 Å². The van der Waals surface area contributed by atoms with E-state index in [1.165, 1.54) is 16.2 Å². The van der Waals surface area contributed by atoms with Gasteiger partial charge in [0.05, 0.1) is 31.4 Å². The number of carbonyl (C=O) groups is 2. The Hall–Kier alpha value is -1.48. The number of nitrogens with one attached hydrogen (secondary N) is 2. The average molecular weight is 438 g/mol. The molecule has 0 saturated carbocycles. The van der Waals surface area contributed by atoms with Crippen molar-refractivity contribution in [3.8, 4) is 0 Å². The van der Waals surface area contributed by atoms with Crippen LogP contribution in [0.4, 0.5) is 5.00 Å². The lowest BCUT2D eigenvalue weighted by atomic mass is 9.88. The molecule has 1 aromatic rings. The fourth-order valence-corrected chi connectivity index (χ4v) is 5.42. The molecule has 8 heteroatoms. The van der Waals surface area contributed by atoms with Gasteiger partial charge >= 0.3 is 5.97 Å². The first-order valence-corrected chi connectivity index (χ1v) is 12.0. The van der Waals surface area contributed by atoms with Crippen molar-refractivity contribution < 1.29 is 19.1 Å². The van der Waals surface area contributed by atoms with Crippen LogP contribution < -0.4 is 10.6 Å². The van der Waals surface area contributed by atoms with Gasteiger partial charge in [0.1, 0.15) is 5.00 Å². The van der Waals surface area contributed by atoms with E-state index in [-0.39, 0.29) is 17.9 Å². The van der Waals surface area contributed by atoms with E-state index in [0.717, 1.165) is 70.6 Å². The lowest BCUT2D eigenvalue weighted by Gasteiger charge is -2.26. The maximum Gasteiger partial charge on any atom is 0.341 e. The van der Waals surface area contributed by atoms with Crippen molar-refractivity contribution in [2.75, 3.05) is 51.3 Å². The number of hydrogen-bond donors (Lipinski definition) is 2. The molecule has 2 N–H and O–H groups in total. The van der Waals surface area contributed by atoms with E-state index in [9.17, 15) is 9.59 Å². The van der Waals surface area contributed by atoms with Gasteiger partial charge in [-0.3, -0.25) is 9.69 Å². The van der Waals surface area contributed by atoms with Crippen molar-refractivity contribution in [1.82, 2.24) is 10.2 Å². The van der Waals surface area contributed by atoms with Crippen molar-refractivity contribution in [2.24, 2.45) is 5.92 Å². The highest BCUT2D eigenvalue weighted by atomic mass is 32.1. The number of nitrogens with zero attached hydrogens (tertiary/aromatic N) is 1. The third kappa shape index (κ3) is 6.03. The maximum atomic E-state index is 12.8. The number of hydrogen-bond acceptors (Lipinski definition) is 7. The minimum Gasteiger partial charge on any atom is -0.462 e. The predicted molar refractivity (Wildman–Crippen MR) is 119 cm³/mol. The molecular weight excluding hydrogens is 402 g/mol. The zero-order chi connectivity index (χ0) is 21.5. The number of rotatable bonds is 9. The zero-order valence-corrected chi connectivity index (χ0v) is 19.2. The van der Waals surface area contributed by atoms with Crippen LogP contribution in [0.25, 0.3) is 0 Å². The second-order valence-corrected chi connectivity index (χ2v) is 9.35. The van der Waals surface area contributed by atoms with Gasteiger partial charge in [-0.25, -0.2) is 4.79 Å². The normalized spacial score (nSPS) is 20.4. The van der Waals surface area contributed by atoms with Crippen LogP contribution >= 0.6 is 11.3 Å². The number of esters is 1. The Morgan fingerprint density at radius 1 is 1.33 bits per heavy atom. The highest BCUT2D eigenvalue weighted by Crippen LogP contribution is 2.40. The van der Waals surface area contributed by atoms with Gasteiger partial charge in [0.25, 0.3) is 0 Å². The van der Waals surface area contributed by atoms with E-state index >= 15 is 0 Å². The molecule has 1 aliphatic heterocycles. The van der Waals surface area contributed by atoms with Crippen LogP contribution in [0, 0.1) is 5.92 Å². The number of morpholine rings is 1. The number of ether oxygens (including phenoxy) is 2. The van der Waals surface area contributed by atoms with Gasteiger partial charge < -0.3 is 20.1 Å². The van der Waals surface area contributed by atoms with E-state index < -0.39 is 0 Å². The average Bonchev–Trinajstić information content (AvgIpc) is 3.08. The summed E-state index contributed by atoms with van der Waals surface area (Å²) in [6.07, 6.45) is 3.87. The van der Waals surface area contributed by atoms with Crippen molar-refractivity contribution >= 4 is 28.2 Å². The Bertz CT molecular complexity index is 730. The first-order chi connectivity index (χ1) is 14.5. The molecule has 1 fully saturated rings. The smallest absolute Gasteiger partial charge is 0.341 e. The van der Waals surface area contributed by atoms with Crippen molar-refractivity contribution in [1.29, 1.82) is 0 Å². The number of thiophene rings is 1. The Kier molecular flexibility index (Phi) is 8.68. The summed E-state index contributed by atoms with van der Waals surface area (Å²) in [6, 6.07) is -0.331. The van der Waals surface area contributed by atoms with Gasteiger partial charge in [-0.15, -0.1) is 11.3 Å². The van der Waals surface area contributed by atoms with Crippen LogP contribution in [0.15, 0.2) is 0 Å². The van der Waals surface area contributed by atoms with Crippen LogP contribution in [-0.4, -0.2) is 68.8 Å². The first-order valence-electron chi connectivity index (χ1n) is 11.2. The van der Waals surface area contributed by atoms with Gasteiger partial charge in [-0.1, -0.05) is 6.92 Å². The van der Waals surface area contributed by atoms with Gasteiger partial charge in [0, 0.05) is 18.0 Å². The summed E-state index contributed by atoms with van der Waals surface area (Å²) in [6.45, 7) is 11.6. The zero-order valence-electron chi connectivity index (χ0n) is 18.4. The van der Waals surface area contributed by atoms with Gasteiger partial charge in [-0.05, 0) is 64.1 Å². The van der Waals surface area contributed by atoms with E-state index in [1.54, 1.807) is 6.92 Å². The molecule has 0 spiro atoms. The van der Waals surface area contributed by atoms with Crippen molar-refractivity contribution in [3.05, 3.63) is 16.0 Å². The van der Waals surface area contributed by atoms with Crippen molar-refractivity contribution in [2.45, 2.75) is 52.5 Å². The molecule has 0 unspecified atom stereocenters. The summed E-state index contributed by atoms with van der Waals surface area (Å²) in [5, 5.41) is 6.94. The SMILES string of the molecule is CCOC(=O)c1c(NC(=O)[C@@H](C)NCCCN2CCOCC2)sc2c1CC[C@@H](C)C2. The molecule has 0 bridgehead atoms. The molecule has 2 aliphatic rings. The largest absolute Gasteiger partial charge is 0.462 e. The van der Waals surface area contributed by atoms with Crippen LogP contribution in [0.2, 0.25) is 0 Å². The van der Waals surface area contributed by atoms with Gasteiger partial charge in [0.15, 0.2) is 0 Å². The summed E-state index contributed by atoms with van der Waals surface area (Å²) >= 11 is 1.53. The summed E-state index contributed by atoms with van der Waals surface area (Å²) in [7, 11) is 0. The molecule has 1 aliphatic carbocycles. The fraction of sp³-hybridized carbons (Fsp3) is 0.727. The summed E-state index contributed by atoms with van der Waals surface area (Å²) < 4.78 is 10.7. The molecule has 3 rings (SSSR count). The molecule has 0 aromatic carbocycles. The molecule has 168 valence electrons. The van der Waals surface area contributed by atoms with E-state index in [4.69, 9.17) is 9.47 Å². The Morgan fingerprint density at radius 2 is 2.10 bits per heavy atom. The first kappa shape index (κ1) is 23.2. The molecule has 0 radical (unpaired) electrons. The minimum absolute atomic E-state index is 0.112. The van der Waals surface area contributed by atoms with Crippen LogP contribution in [0.5, 0.6) is 0 Å². The second kappa shape index (κ2) is 11.2. The molecule has 2 atom stereocenters. The number of carbonyl (C=O) groups excluding carboxylic acids is 2. The third-order valence-corrected chi connectivity index (χ3v) is 7.00. The predicted octanol–water partition coefficient (Wildman–Crippen LogP) is 2.69. The second-order valence-electron chi connectivity index (χ2n) is 8.25. The molecule has 30 heavy (non-hydrogen) atoms. The van der Waals surface area contributed by atoms with Crippen LogP contribution in [-0.2, 0) is 27.1 Å². The molecule has 1 aromatic heterocycles. The molecule has 1 saturated heterocycles. The monoisotopic (exact) mass is 437 g/mol. The molecular formula is C22H35N3O4S. The van der Waals surface area contributed by atoms with Gasteiger partial charge in [0.2, 0.25) is 5.91 Å². The maximum absolute atomic E-state index is 12.8. The standard InChI is InChI=1S/C22H35N3O4S/c1-4-29-22(27)19-17-7-6-15(2)14-18(17)30-21(19)24-20(26)16(3)23-8-5-9-25-10-12-28-13-11-25/h15-16,23H,4-14H2,1-3H3,(H,24,26)/t15-,16-/m1/s1.